The highest BCUT2D eigenvalue weighted by Gasteiger charge is 2.33. The van der Waals surface area contributed by atoms with Crippen LogP contribution in [0.3, 0.4) is 0 Å². The summed E-state index contributed by atoms with van der Waals surface area (Å²) >= 11 is 0. The number of aromatic nitrogens is 1. The Labute approximate surface area is 208 Å². The van der Waals surface area contributed by atoms with Crippen molar-refractivity contribution in [2.75, 3.05) is 34.4 Å². The molecule has 0 unspecified atom stereocenters. The third-order valence-corrected chi connectivity index (χ3v) is 6.30. The number of hydrogen-bond donors (Lipinski definition) is 2. The van der Waals surface area contributed by atoms with Crippen LogP contribution in [0.4, 0.5) is 9.59 Å². The number of carbonyl (C=O) groups excluding carboxylic acids is 2. The van der Waals surface area contributed by atoms with E-state index in [1.54, 1.807) is 7.11 Å². The van der Waals surface area contributed by atoms with E-state index in [1.807, 2.05) is 36.4 Å². The maximum absolute atomic E-state index is 12.0. The second kappa shape index (κ2) is 9.73. The average molecular weight is 494 g/mol. The molecule has 10 heteroatoms. The minimum Gasteiger partial charge on any atom is -0.496 e. The number of methoxy groups -OCH3 is 1. The zero-order chi connectivity index (χ0) is 25.2. The van der Waals surface area contributed by atoms with Gasteiger partial charge in [0.25, 0.3) is 0 Å². The highest BCUT2D eigenvalue weighted by molar-refractivity contribution is 5.79. The lowest BCUT2D eigenvalue weighted by molar-refractivity contribution is 0.134. The summed E-state index contributed by atoms with van der Waals surface area (Å²) in [5.41, 5.74) is 5.98. The normalized spacial score (nSPS) is 12.9. The van der Waals surface area contributed by atoms with Gasteiger partial charge >= 0.3 is 12.2 Å². The summed E-state index contributed by atoms with van der Waals surface area (Å²) in [5.74, 6) is 2.03. The average Bonchev–Trinajstić information content (AvgIpc) is 3.42. The van der Waals surface area contributed by atoms with Gasteiger partial charge in [-0.1, -0.05) is 12.1 Å². The first-order chi connectivity index (χ1) is 17.5. The molecule has 0 radical (unpaired) electrons. The molecule has 2 aromatic carbocycles. The second-order valence-electron chi connectivity index (χ2n) is 8.24. The number of nitrogens with one attached hydrogen (secondary N) is 2. The van der Waals surface area contributed by atoms with Gasteiger partial charge in [-0.25, -0.2) is 9.59 Å². The first-order valence-corrected chi connectivity index (χ1v) is 11.6. The Morgan fingerprint density at radius 3 is 2.25 bits per heavy atom. The van der Waals surface area contributed by atoms with Crippen LogP contribution in [0.1, 0.15) is 22.4 Å². The van der Waals surface area contributed by atoms with Crippen molar-refractivity contribution >= 4 is 12.2 Å². The Balaban J connectivity index is 1.74. The highest BCUT2D eigenvalue weighted by atomic mass is 16.6. The number of nitrogens with zero attached hydrogens (tertiary/aromatic N) is 1. The molecule has 0 bridgehead atoms. The minimum absolute atomic E-state index is 0.00268. The summed E-state index contributed by atoms with van der Waals surface area (Å²) in [7, 11) is 4.61. The standard InChI is InChI=1S/C26H27N3O7/c1-27-25(30)35-13-17-18(14-36-26(31)28-2)24(16-6-4-5-7-21(16)32-3)29-19-12-23-22(33-8-9-34-23)11-15(19)10-20(17)29/h4-7,11-12H,8-10,13-14H2,1-3H3,(H,27,30)(H,28,31). The summed E-state index contributed by atoms with van der Waals surface area (Å²) in [6.07, 6.45) is -0.550. The first kappa shape index (κ1) is 23.4. The second-order valence-corrected chi connectivity index (χ2v) is 8.24. The van der Waals surface area contributed by atoms with Gasteiger partial charge in [0.15, 0.2) is 11.5 Å². The fraction of sp³-hybridized carbons (Fsp3) is 0.308. The molecule has 0 fully saturated rings. The molecule has 2 N–H and O–H groups in total. The molecule has 0 saturated carbocycles. The monoisotopic (exact) mass is 493 g/mol. The molecular weight excluding hydrogens is 466 g/mol. The smallest absolute Gasteiger partial charge is 0.407 e. The van der Waals surface area contributed by atoms with E-state index in [0.29, 0.717) is 36.9 Å². The molecule has 3 heterocycles. The molecule has 5 rings (SSSR count). The lowest BCUT2D eigenvalue weighted by Gasteiger charge is -2.21. The minimum atomic E-state index is -0.564. The van der Waals surface area contributed by atoms with E-state index in [9.17, 15) is 9.59 Å². The molecule has 0 aliphatic carbocycles. The van der Waals surface area contributed by atoms with Crippen LogP contribution in [0.25, 0.3) is 16.9 Å². The maximum atomic E-state index is 12.0. The SMILES string of the molecule is CNC(=O)OCc1c(COC(=O)NC)c(-c2ccccc2OC)n2c1Cc1cc3c(cc1-2)OCCO3. The van der Waals surface area contributed by atoms with Crippen LogP contribution in [0, 0.1) is 0 Å². The number of para-hydroxylation sites is 1. The highest BCUT2D eigenvalue weighted by Crippen LogP contribution is 2.47. The van der Waals surface area contributed by atoms with Crippen molar-refractivity contribution in [1.29, 1.82) is 0 Å². The third kappa shape index (κ3) is 4.04. The van der Waals surface area contributed by atoms with Gasteiger partial charge < -0.3 is 38.9 Å². The van der Waals surface area contributed by atoms with Crippen molar-refractivity contribution in [3.63, 3.8) is 0 Å². The summed E-state index contributed by atoms with van der Waals surface area (Å²) < 4.78 is 30.4. The van der Waals surface area contributed by atoms with E-state index in [2.05, 4.69) is 15.2 Å². The Morgan fingerprint density at radius 2 is 1.58 bits per heavy atom. The maximum Gasteiger partial charge on any atom is 0.407 e. The Hall–Kier alpha value is -4.34. The fourth-order valence-electron chi connectivity index (χ4n) is 4.69. The lowest BCUT2D eigenvalue weighted by atomic mass is 10.0. The van der Waals surface area contributed by atoms with Gasteiger partial charge in [0.2, 0.25) is 0 Å². The number of fused-ring (bicyclic) bond motifs is 4. The molecule has 2 aliphatic rings. The van der Waals surface area contributed by atoms with E-state index in [4.69, 9.17) is 23.7 Å². The van der Waals surface area contributed by atoms with Crippen molar-refractivity contribution < 1.29 is 33.3 Å². The molecule has 2 aliphatic heterocycles. The Bertz CT molecular complexity index is 1330. The van der Waals surface area contributed by atoms with E-state index in [0.717, 1.165) is 39.3 Å². The number of hydrogen-bond acceptors (Lipinski definition) is 7. The van der Waals surface area contributed by atoms with Crippen molar-refractivity contribution in [2.45, 2.75) is 19.6 Å². The summed E-state index contributed by atoms with van der Waals surface area (Å²) in [6, 6.07) is 11.6. The molecule has 36 heavy (non-hydrogen) atoms. The zero-order valence-electron chi connectivity index (χ0n) is 20.3. The topological polar surface area (TPSA) is 109 Å². The molecule has 0 spiro atoms. The van der Waals surface area contributed by atoms with Crippen molar-refractivity contribution in [1.82, 2.24) is 15.2 Å². The first-order valence-electron chi connectivity index (χ1n) is 11.6. The number of ether oxygens (including phenoxy) is 5. The Kier molecular flexibility index (Phi) is 6.32. The number of carbonyl (C=O) groups is 2. The van der Waals surface area contributed by atoms with Gasteiger partial charge in [-0.05, 0) is 23.8 Å². The van der Waals surface area contributed by atoms with E-state index in [1.165, 1.54) is 14.1 Å². The molecule has 188 valence electrons. The van der Waals surface area contributed by atoms with Crippen LogP contribution in [0.5, 0.6) is 17.2 Å². The van der Waals surface area contributed by atoms with Gasteiger partial charge in [0.05, 0.1) is 18.5 Å². The van der Waals surface area contributed by atoms with Crippen LogP contribution < -0.4 is 24.8 Å². The lowest BCUT2D eigenvalue weighted by Crippen LogP contribution is -2.20. The van der Waals surface area contributed by atoms with Crippen LogP contribution >= 0.6 is 0 Å². The zero-order valence-corrected chi connectivity index (χ0v) is 20.3. The van der Waals surface area contributed by atoms with Crippen molar-refractivity contribution in [3.05, 3.63) is 58.8 Å². The van der Waals surface area contributed by atoms with Gasteiger partial charge in [0.1, 0.15) is 32.2 Å². The third-order valence-electron chi connectivity index (χ3n) is 6.30. The largest absolute Gasteiger partial charge is 0.496 e. The van der Waals surface area contributed by atoms with Gasteiger partial charge in [-0.2, -0.15) is 0 Å². The van der Waals surface area contributed by atoms with Crippen molar-refractivity contribution in [3.8, 4) is 34.2 Å². The molecule has 0 atom stereocenters. The fourth-order valence-corrected chi connectivity index (χ4v) is 4.69. The van der Waals surface area contributed by atoms with Crippen LogP contribution in [-0.2, 0) is 29.1 Å². The molecule has 0 saturated heterocycles. The van der Waals surface area contributed by atoms with Crippen LogP contribution in [0.2, 0.25) is 0 Å². The van der Waals surface area contributed by atoms with Crippen LogP contribution in [0.15, 0.2) is 36.4 Å². The number of alkyl carbamates (subject to hydrolysis) is 2. The molecule has 10 nitrogen and oxygen atoms in total. The Morgan fingerprint density at radius 1 is 0.944 bits per heavy atom. The number of rotatable bonds is 6. The number of benzene rings is 2. The summed E-state index contributed by atoms with van der Waals surface area (Å²) in [6.45, 7) is 0.938. The van der Waals surface area contributed by atoms with Gasteiger partial charge in [-0.3, -0.25) is 0 Å². The quantitative estimate of drug-likeness (QED) is 0.423. The molecular formula is C26H27N3O7. The predicted molar refractivity (Wildman–Crippen MR) is 130 cm³/mol. The van der Waals surface area contributed by atoms with E-state index in [-0.39, 0.29) is 13.2 Å². The molecule has 1 aromatic heterocycles. The molecule has 3 aromatic rings. The van der Waals surface area contributed by atoms with Crippen LogP contribution in [-0.4, -0.2) is 51.2 Å². The van der Waals surface area contributed by atoms with E-state index < -0.39 is 12.2 Å². The summed E-state index contributed by atoms with van der Waals surface area (Å²) in [5, 5.41) is 4.95. The number of amides is 2. The molecule has 2 amide bonds. The van der Waals surface area contributed by atoms with Gasteiger partial charge in [-0.15, -0.1) is 0 Å². The van der Waals surface area contributed by atoms with Crippen molar-refractivity contribution in [2.24, 2.45) is 0 Å². The summed E-state index contributed by atoms with van der Waals surface area (Å²) in [4.78, 5) is 24.0. The van der Waals surface area contributed by atoms with E-state index >= 15 is 0 Å². The predicted octanol–water partition coefficient (Wildman–Crippen LogP) is 3.54. The van der Waals surface area contributed by atoms with Gasteiger partial charge in [0, 0.05) is 49.0 Å².